The van der Waals surface area contributed by atoms with Crippen LogP contribution in [0, 0.1) is 5.92 Å². The van der Waals surface area contributed by atoms with Gasteiger partial charge in [0.15, 0.2) is 11.6 Å². The largest absolute Gasteiger partial charge is 0.492 e. The van der Waals surface area contributed by atoms with Crippen LogP contribution in [0.4, 0.5) is 0 Å². The van der Waals surface area contributed by atoms with E-state index in [2.05, 4.69) is 22.9 Å². The second-order valence-corrected chi connectivity index (χ2v) is 8.18. The normalized spacial score (nSPS) is 13.2. The number of hydrogen-bond acceptors (Lipinski definition) is 3. The van der Waals surface area contributed by atoms with Gasteiger partial charge < -0.3 is 4.74 Å². The van der Waals surface area contributed by atoms with E-state index in [1.165, 1.54) is 44.9 Å². The maximum absolute atomic E-state index is 12.4. The molecule has 0 saturated carbocycles. The van der Waals surface area contributed by atoms with E-state index in [-0.39, 0.29) is 23.9 Å². The van der Waals surface area contributed by atoms with E-state index in [9.17, 15) is 9.59 Å². The standard InChI is InChI=1S/C24H31BrO3/c1-2-3-4-5-6-7-8-11-16-28-24-15-14-20(17-21(24)25)23(27)18-22(26)19-12-9-10-13-19/h9-10,12-15,17,19H,2-8,11,16,18H2,1H3. The molecule has 4 heteroatoms. The minimum Gasteiger partial charge on any atom is -0.492 e. The van der Waals surface area contributed by atoms with E-state index in [4.69, 9.17) is 4.74 Å². The van der Waals surface area contributed by atoms with Crippen molar-refractivity contribution in [2.75, 3.05) is 6.61 Å². The first-order valence-corrected chi connectivity index (χ1v) is 11.2. The summed E-state index contributed by atoms with van der Waals surface area (Å²) in [7, 11) is 0. The SMILES string of the molecule is CCCCCCCCCCOc1ccc(C(=O)CC(=O)C2C=CC=C2)cc1Br. The van der Waals surface area contributed by atoms with Crippen LogP contribution in [0.25, 0.3) is 0 Å². The van der Waals surface area contributed by atoms with Crippen LogP contribution < -0.4 is 4.74 Å². The third kappa shape index (κ3) is 7.75. The first kappa shape index (κ1) is 22.6. The number of carbonyl (C=O) groups excluding carboxylic acids is 2. The summed E-state index contributed by atoms with van der Waals surface area (Å²) in [6.45, 7) is 2.92. The first-order chi connectivity index (χ1) is 13.6. The lowest BCUT2D eigenvalue weighted by molar-refractivity contribution is -0.119. The summed E-state index contributed by atoms with van der Waals surface area (Å²) >= 11 is 3.48. The number of hydrogen-bond donors (Lipinski definition) is 0. The van der Waals surface area contributed by atoms with Gasteiger partial charge in [0.25, 0.3) is 0 Å². The molecule has 0 unspecified atom stereocenters. The Balaban J connectivity index is 1.69. The van der Waals surface area contributed by atoms with Gasteiger partial charge in [-0.15, -0.1) is 0 Å². The second-order valence-electron chi connectivity index (χ2n) is 7.33. The first-order valence-electron chi connectivity index (χ1n) is 10.4. The lowest BCUT2D eigenvalue weighted by Gasteiger charge is -2.10. The zero-order chi connectivity index (χ0) is 20.2. The summed E-state index contributed by atoms with van der Waals surface area (Å²) in [5, 5.41) is 0. The maximum Gasteiger partial charge on any atom is 0.170 e. The summed E-state index contributed by atoms with van der Waals surface area (Å²) in [5.41, 5.74) is 0.533. The Labute approximate surface area is 177 Å². The molecule has 1 aromatic carbocycles. The van der Waals surface area contributed by atoms with Crippen molar-refractivity contribution >= 4 is 27.5 Å². The number of unbranched alkanes of at least 4 members (excludes halogenated alkanes) is 7. The van der Waals surface area contributed by atoms with Crippen molar-refractivity contribution in [2.24, 2.45) is 5.92 Å². The quantitative estimate of drug-likeness (QED) is 0.178. The average Bonchev–Trinajstić information content (AvgIpc) is 3.22. The molecule has 0 bridgehead atoms. The predicted octanol–water partition coefficient (Wildman–Crippen LogP) is 6.85. The molecular weight excluding hydrogens is 416 g/mol. The van der Waals surface area contributed by atoms with Crippen LogP contribution in [-0.2, 0) is 4.79 Å². The molecule has 0 aromatic heterocycles. The Kier molecular flexibility index (Phi) is 10.3. The van der Waals surface area contributed by atoms with Gasteiger partial charge in [-0.2, -0.15) is 0 Å². The van der Waals surface area contributed by atoms with Crippen LogP contribution in [0.2, 0.25) is 0 Å². The molecule has 3 nitrogen and oxygen atoms in total. The number of Topliss-reactive ketones (excluding diaryl/α,β-unsaturated/α-hetero) is 2. The van der Waals surface area contributed by atoms with Gasteiger partial charge in [-0.05, 0) is 40.5 Å². The molecule has 0 aliphatic heterocycles. The summed E-state index contributed by atoms with van der Waals surface area (Å²) in [6, 6.07) is 5.30. The number of allylic oxidation sites excluding steroid dienone is 4. The third-order valence-electron chi connectivity index (χ3n) is 4.96. The van der Waals surface area contributed by atoms with Crippen molar-refractivity contribution in [3.8, 4) is 5.75 Å². The third-order valence-corrected chi connectivity index (χ3v) is 5.58. The van der Waals surface area contributed by atoms with Gasteiger partial charge in [-0.1, -0.05) is 76.2 Å². The highest BCUT2D eigenvalue weighted by Gasteiger charge is 2.19. The summed E-state index contributed by atoms with van der Waals surface area (Å²) in [4.78, 5) is 24.5. The fourth-order valence-electron chi connectivity index (χ4n) is 3.23. The minimum absolute atomic E-state index is 0.0684. The van der Waals surface area contributed by atoms with E-state index in [1.807, 2.05) is 30.4 Å². The number of rotatable bonds is 14. The Hall–Kier alpha value is -1.68. The molecule has 28 heavy (non-hydrogen) atoms. The van der Waals surface area contributed by atoms with E-state index in [0.717, 1.165) is 16.6 Å². The highest BCUT2D eigenvalue weighted by atomic mass is 79.9. The maximum atomic E-state index is 12.4. The van der Waals surface area contributed by atoms with Crippen molar-refractivity contribution < 1.29 is 14.3 Å². The van der Waals surface area contributed by atoms with Gasteiger partial charge in [0.1, 0.15) is 5.75 Å². The Morgan fingerprint density at radius 1 is 0.964 bits per heavy atom. The van der Waals surface area contributed by atoms with Crippen molar-refractivity contribution in [3.05, 3.63) is 52.5 Å². The van der Waals surface area contributed by atoms with Crippen LogP contribution in [0.1, 0.15) is 75.1 Å². The predicted molar refractivity (Wildman–Crippen MR) is 118 cm³/mol. The molecule has 0 atom stereocenters. The molecule has 0 fully saturated rings. The molecule has 152 valence electrons. The van der Waals surface area contributed by atoms with E-state index in [1.54, 1.807) is 12.1 Å². The minimum atomic E-state index is -0.262. The van der Waals surface area contributed by atoms with Gasteiger partial charge >= 0.3 is 0 Å². The van der Waals surface area contributed by atoms with Gasteiger partial charge in [-0.3, -0.25) is 9.59 Å². The Morgan fingerprint density at radius 2 is 1.61 bits per heavy atom. The Morgan fingerprint density at radius 3 is 2.25 bits per heavy atom. The number of benzene rings is 1. The molecular formula is C24H31BrO3. The summed E-state index contributed by atoms with van der Waals surface area (Å²) in [6.07, 6.45) is 17.3. The Bertz CT molecular complexity index is 694. The van der Waals surface area contributed by atoms with Gasteiger partial charge in [0.2, 0.25) is 0 Å². The molecule has 0 amide bonds. The van der Waals surface area contributed by atoms with Crippen LogP contribution >= 0.6 is 15.9 Å². The highest BCUT2D eigenvalue weighted by Crippen LogP contribution is 2.27. The fraction of sp³-hybridized carbons (Fsp3) is 0.500. The van der Waals surface area contributed by atoms with Crippen LogP contribution in [0.15, 0.2) is 47.0 Å². The zero-order valence-electron chi connectivity index (χ0n) is 16.8. The molecule has 0 N–H and O–H groups in total. The molecule has 1 aliphatic rings. The van der Waals surface area contributed by atoms with E-state index < -0.39 is 0 Å². The smallest absolute Gasteiger partial charge is 0.170 e. The zero-order valence-corrected chi connectivity index (χ0v) is 18.4. The van der Waals surface area contributed by atoms with E-state index >= 15 is 0 Å². The molecule has 0 saturated heterocycles. The van der Waals surface area contributed by atoms with Crippen LogP contribution in [-0.4, -0.2) is 18.2 Å². The topological polar surface area (TPSA) is 43.4 Å². The van der Waals surface area contributed by atoms with E-state index in [0.29, 0.717) is 12.2 Å². The van der Waals surface area contributed by atoms with Crippen molar-refractivity contribution in [3.63, 3.8) is 0 Å². The number of ketones is 2. The van der Waals surface area contributed by atoms with Crippen molar-refractivity contribution in [1.29, 1.82) is 0 Å². The van der Waals surface area contributed by atoms with Crippen LogP contribution in [0.5, 0.6) is 5.75 Å². The number of halogens is 1. The number of ether oxygens (including phenoxy) is 1. The van der Waals surface area contributed by atoms with Gasteiger partial charge in [-0.25, -0.2) is 0 Å². The molecule has 1 aliphatic carbocycles. The monoisotopic (exact) mass is 446 g/mol. The lowest BCUT2D eigenvalue weighted by atomic mass is 9.98. The van der Waals surface area contributed by atoms with Crippen LogP contribution in [0.3, 0.4) is 0 Å². The van der Waals surface area contributed by atoms with Crippen molar-refractivity contribution in [2.45, 2.75) is 64.7 Å². The number of carbonyl (C=O) groups is 2. The summed E-state index contributed by atoms with van der Waals surface area (Å²) < 4.78 is 6.59. The molecule has 0 radical (unpaired) electrons. The molecule has 0 spiro atoms. The molecule has 0 heterocycles. The van der Waals surface area contributed by atoms with Crippen molar-refractivity contribution in [1.82, 2.24) is 0 Å². The molecule has 2 rings (SSSR count). The fourth-order valence-corrected chi connectivity index (χ4v) is 3.73. The average molecular weight is 447 g/mol. The van der Waals surface area contributed by atoms with Gasteiger partial charge in [0.05, 0.1) is 23.4 Å². The molecule has 1 aromatic rings. The van der Waals surface area contributed by atoms with Gasteiger partial charge in [0, 0.05) is 5.56 Å². The second kappa shape index (κ2) is 12.7. The summed E-state index contributed by atoms with van der Waals surface area (Å²) in [5.74, 6) is 0.254. The lowest BCUT2D eigenvalue weighted by Crippen LogP contribution is -2.14. The highest BCUT2D eigenvalue weighted by molar-refractivity contribution is 9.10.